The van der Waals surface area contributed by atoms with Crippen LogP contribution in [-0.4, -0.2) is 55.5 Å². The number of rotatable bonds is 5. The normalized spacial score (nSPS) is 15.6. The van der Waals surface area contributed by atoms with Crippen molar-refractivity contribution in [2.24, 2.45) is 0 Å². The maximum Gasteiger partial charge on any atom is 0.413 e. The number of hydrogen-bond acceptors (Lipinski definition) is 7. The molecule has 1 aliphatic heterocycles. The van der Waals surface area contributed by atoms with E-state index in [2.05, 4.69) is 10.3 Å². The Morgan fingerprint density at radius 1 is 0.886 bits per heavy atom. The fourth-order valence-corrected chi connectivity index (χ4v) is 5.19. The molecule has 3 heterocycles. The minimum atomic E-state index is -0.731. The van der Waals surface area contributed by atoms with E-state index in [1.54, 1.807) is 66.8 Å². The molecule has 11 heteroatoms. The Bertz CT molecular complexity index is 1700. The number of amides is 2. The van der Waals surface area contributed by atoms with Crippen LogP contribution in [0.4, 0.5) is 15.4 Å². The average molecular weight is 602 g/mol. The van der Waals surface area contributed by atoms with E-state index < -0.39 is 23.4 Å². The third kappa shape index (κ3) is 7.04. The molecule has 1 N–H and O–H groups in total. The van der Waals surface area contributed by atoms with E-state index in [1.165, 1.54) is 4.57 Å². The highest BCUT2D eigenvalue weighted by Gasteiger charge is 2.32. The van der Waals surface area contributed by atoms with Crippen molar-refractivity contribution in [3.05, 3.63) is 77.3 Å². The zero-order valence-corrected chi connectivity index (χ0v) is 26.0. The van der Waals surface area contributed by atoms with Crippen LogP contribution in [-0.2, 0) is 9.47 Å². The Hall–Kier alpha value is -4.80. The number of fused-ring (bicyclic) bond motifs is 1. The number of carbonyl (C=O) groups is 2. The van der Waals surface area contributed by atoms with Gasteiger partial charge in [-0.05, 0) is 96.8 Å². The van der Waals surface area contributed by atoms with Gasteiger partial charge in [0.15, 0.2) is 5.82 Å². The topological polar surface area (TPSA) is 117 Å². The van der Waals surface area contributed by atoms with Crippen molar-refractivity contribution in [3.8, 4) is 17.2 Å². The van der Waals surface area contributed by atoms with Gasteiger partial charge in [-0.15, -0.1) is 0 Å². The van der Waals surface area contributed by atoms with Gasteiger partial charge in [0, 0.05) is 19.3 Å². The molecule has 11 nitrogen and oxygen atoms in total. The standard InChI is InChI=1S/C33H39N5O6/c1-32(2,3)43-29(39)35-28-27-26(18-19-34-28)37(23-11-10-20-36(21-23)31(41)44-33(4,5)6)30(40)38(27)22-14-16-25(17-15-22)42-24-12-8-7-9-13-24/h7-9,12-19,23H,10-11,20-21H2,1-6H3,(H,34,35,39)/t23-/m1/s1. The maximum absolute atomic E-state index is 14.3. The van der Waals surface area contributed by atoms with Crippen LogP contribution < -0.4 is 15.7 Å². The second-order valence-electron chi connectivity index (χ2n) is 12.8. The molecule has 1 saturated heterocycles. The van der Waals surface area contributed by atoms with Crippen molar-refractivity contribution >= 4 is 29.0 Å². The predicted molar refractivity (Wildman–Crippen MR) is 168 cm³/mol. The molecule has 1 atom stereocenters. The molecule has 4 aromatic rings. The van der Waals surface area contributed by atoms with E-state index in [0.29, 0.717) is 54.2 Å². The van der Waals surface area contributed by atoms with Crippen molar-refractivity contribution in [3.63, 3.8) is 0 Å². The average Bonchev–Trinajstić information content (AvgIpc) is 3.25. The lowest BCUT2D eigenvalue weighted by atomic mass is 10.1. The fraction of sp³-hybridized carbons (Fsp3) is 0.394. The number of piperidine rings is 1. The molecule has 2 aromatic carbocycles. The van der Waals surface area contributed by atoms with Crippen LogP contribution in [0.3, 0.4) is 0 Å². The SMILES string of the molecule is CC(C)(C)OC(=O)Nc1nccc2c1n(-c1ccc(Oc3ccccc3)cc1)c(=O)n2[C@@H]1CCCN(C(=O)OC(C)(C)C)C1. The van der Waals surface area contributed by atoms with Gasteiger partial charge >= 0.3 is 17.9 Å². The first-order chi connectivity index (χ1) is 20.8. The van der Waals surface area contributed by atoms with Crippen molar-refractivity contribution in [2.45, 2.75) is 71.6 Å². The molecule has 0 aliphatic carbocycles. The summed E-state index contributed by atoms with van der Waals surface area (Å²) in [5.74, 6) is 1.47. The van der Waals surface area contributed by atoms with Gasteiger partial charge in [0.2, 0.25) is 0 Å². The van der Waals surface area contributed by atoms with Crippen LogP contribution in [0.2, 0.25) is 0 Å². The van der Waals surface area contributed by atoms with Crippen LogP contribution in [0.25, 0.3) is 16.7 Å². The molecule has 2 aromatic heterocycles. The number of pyridine rings is 1. The summed E-state index contributed by atoms with van der Waals surface area (Å²) in [6.07, 6.45) is 1.81. The second kappa shape index (κ2) is 12.1. The lowest BCUT2D eigenvalue weighted by Gasteiger charge is -2.34. The highest BCUT2D eigenvalue weighted by Crippen LogP contribution is 2.31. The number of carbonyl (C=O) groups excluding carboxylic acids is 2. The first kappa shape index (κ1) is 30.7. The van der Waals surface area contributed by atoms with Gasteiger partial charge in [0.05, 0.1) is 17.2 Å². The first-order valence-electron chi connectivity index (χ1n) is 14.7. The largest absolute Gasteiger partial charge is 0.457 e. The van der Waals surface area contributed by atoms with E-state index in [0.717, 1.165) is 0 Å². The third-order valence-electron chi connectivity index (χ3n) is 6.89. The van der Waals surface area contributed by atoms with E-state index in [1.807, 2.05) is 51.1 Å². The van der Waals surface area contributed by atoms with Crippen LogP contribution in [0.5, 0.6) is 11.5 Å². The second-order valence-corrected chi connectivity index (χ2v) is 12.8. The van der Waals surface area contributed by atoms with Crippen LogP contribution in [0, 0.1) is 0 Å². The Kier molecular flexibility index (Phi) is 8.40. The van der Waals surface area contributed by atoms with Gasteiger partial charge in [0.25, 0.3) is 0 Å². The Labute approximate surface area is 256 Å². The van der Waals surface area contributed by atoms with Gasteiger partial charge in [-0.1, -0.05) is 18.2 Å². The number of nitrogens with zero attached hydrogens (tertiary/aromatic N) is 4. The minimum Gasteiger partial charge on any atom is -0.457 e. The molecule has 44 heavy (non-hydrogen) atoms. The van der Waals surface area contributed by atoms with Gasteiger partial charge in [-0.25, -0.2) is 19.4 Å². The van der Waals surface area contributed by atoms with Crippen molar-refractivity contribution in [1.29, 1.82) is 0 Å². The van der Waals surface area contributed by atoms with Crippen LogP contribution in [0.1, 0.15) is 60.4 Å². The fourth-order valence-electron chi connectivity index (χ4n) is 5.19. The predicted octanol–water partition coefficient (Wildman–Crippen LogP) is 6.90. The molecular formula is C33H39N5O6. The molecule has 2 amide bonds. The summed E-state index contributed by atoms with van der Waals surface area (Å²) in [7, 11) is 0. The number of imidazole rings is 1. The lowest BCUT2D eigenvalue weighted by Crippen LogP contribution is -2.45. The monoisotopic (exact) mass is 601 g/mol. The number of hydrogen-bond donors (Lipinski definition) is 1. The smallest absolute Gasteiger partial charge is 0.413 e. The molecule has 1 fully saturated rings. The number of anilines is 1. The summed E-state index contributed by atoms with van der Waals surface area (Å²) in [4.78, 5) is 46.2. The van der Waals surface area contributed by atoms with Gasteiger partial charge < -0.3 is 19.1 Å². The zero-order valence-electron chi connectivity index (χ0n) is 26.0. The quantitative estimate of drug-likeness (QED) is 0.264. The van der Waals surface area contributed by atoms with E-state index in [4.69, 9.17) is 14.2 Å². The Balaban J connectivity index is 1.57. The number of likely N-dealkylation sites (tertiary alicyclic amines) is 1. The zero-order chi connectivity index (χ0) is 31.6. The Morgan fingerprint density at radius 2 is 1.55 bits per heavy atom. The summed E-state index contributed by atoms with van der Waals surface area (Å²) in [6, 6.07) is 17.9. The molecule has 0 radical (unpaired) electrons. The number of para-hydroxylation sites is 1. The number of benzene rings is 2. The van der Waals surface area contributed by atoms with Crippen LogP contribution in [0.15, 0.2) is 71.7 Å². The molecule has 0 saturated carbocycles. The van der Waals surface area contributed by atoms with Gasteiger partial charge in [0.1, 0.15) is 28.2 Å². The van der Waals surface area contributed by atoms with Crippen molar-refractivity contribution in [2.75, 3.05) is 18.4 Å². The lowest BCUT2D eigenvalue weighted by molar-refractivity contribution is 0.0172. The highest BCUT2D eigenvalue weighted by atomic mass is 16.6. The van der Waals surface area contributed by atoms with E-state index in [9.17, 15) is 14.4 Å². The van der Waals surface area contributed by atoms with E-state index >= 15 is 0 Å². The molecule has 5 rings (SSSR count). The maximum atomic E-state index is 14.3. The summed E-state index contributed by atoms with van der Waals surface area (Å²) < 4.78 is 20.3. The first-order valence-corrected chi connectivity index (χ1v) is 14.7. The molecule has 0 spiro atoms. The summed E-state index contributed by atoms with van der Waals surface area (Å²) in [5, 5.41) is 2.74. The summed E-state index contributed by atoms with van der Waals surface area (Å²) >= 11 is 0. The number of ether oxygens (including phenoxy) is 3. The summed E-state index contributed by atoms with van der Waals surface area (Å²) in [5.41, 5.74) is -0.162. The molecule has 0 bridgehead atoms. The number of nitrogens with one attached hydrogen (secondary N) is 1. The van der Waals surface area contributed by atoms with Gasteiger partial charge in [-0.2, -0.15) is 0 Å². The van der Waals surface area contributed by atoms with Crippen molar-refractivity contribution in [1.82, 2.24) is 19.0 Å². The Morgan fingerprint density at radius 3 is 2.20 bits per heavy atom. The van der Waals surface area contributed by atoms with E-state index in [-0.39, 0.29) is 17.5 Å². The minimum absolute atomic E-state index is 0.178. The van der Waals surface area contributed by atoms with Crippen LogP contribution >= 0.6 is 0 Å². The molecule has 232 valence electrons. The molecule has 1 aliphatic rings. The molecule has 0 unspecified atom stereocenters. The van der Waals surface area contributed by atoms with Crippen molar-refractivity contribution < 1.29 is 23.8 Å². The summed E-state index contributed by atoms with van der Waals surface area (Å²) in [6.45, 7) is 11.6. The highest BCUT2D eigenvalue weighted by molar-refractivity contribution is 5.96. The number of aromatic nitrogens is 3. The molecular weight excluding hydrogens is 562 g/mol. The third-order valence-corrected chi connectivity index (χ3v) is 6.89. The van der Waals surface area contributed by atoms with Gasteiger partial charge in [-0.3, -0.25) is 14.5 Å².